The Morgan fingerprint density at radius 2 is 1.83 bits per heavy atom. The van der Waals surface area contributed by atoms with Crippen LogP contribution in [0.25, 0.3) is 17.4 Å². The molecule has 0 aliphatic heterocycles. The monoisotopic (exact) mass is 320 g/mol. The Bertz CT molecular complexity index is 815. The van der Waals surface area contributed by atoms with E-state index in [4.69, 9.17) is 19.7 Å². The lowest BCUT2D eigenvalue weighted by Crippen LogP contribution is -2.09. The number of rotatable bonds is 5. The maximum atomic E-state index is 11.9. The quantitative estimate of drug-likeness (QED) is 0.609. The molecule has 0 aliphatic rings. The van der Waals surface area contributed by atoms with Crippen LogP contribution in [0.3, 0.4) is 0 Å². The number of nitriles is 2. The minimum atomic E-state index is -0.356. The molecule has 0 amide bonds. The van der Waals surface area contributed by atoms with Gasteiger partial charge in [-0.1, -0.05) is 26.0 Å². The van der Waals surface area contributed by atoms with Crippen LogP contribution in [-0.4, -0.2) is 12.6 Å². The van der Waals surface area contributed by atoms with E-state index in [-0.39, 0.29) is 17.5 Å². The molecule has 0 spiro atoms. The molecule has 0 saturated carbocycles. The van der Waals surface area contributed by atoms with Gasteiger partial charge in [0.25, 0.3) is 0 Å². The summed E-state index contributed by atoms with van der Waals surface area (Å²) in [5, 5.41) is 17.5. The molecule has 1 aromatic carbocycles. The number of carbonyl (C=O) groups excluding carboxylic acids is 1. The second kappa shape index (κ2) is 7.80. The number of hydrogen-bond acceptors (Lipinski definition) is 5. The van der Waals surface area contributed by atoms with Crippen molar-refractivity contribution in [3.8, 4) is 23.5 Å². The second-order valence-electron chi connectivity index (χ2n) is 5.55. The Hall–Kier alpha value is -3.31. The molecule has 0 N–H and O–H groups in total. The zero-order valence-corrected chi connectivity index (χ0v) is 13.4. The number of benzene rings is 1. The van der Waals surface area contributed by atoms with Gasteiger partial charge in [0.05, 0.1) is 12.2 Å². The third kappa shape index (κ3) is 4.34. The fraction of sp³-hybridized carbons (Fsp3) is 0.211. The summed E-state index contributed by atoms with van der Waals surface area (Å²) in [5.41, 5.74) is 1.23. The van der Waals surface area contributed by atoms with Crippen LogP contribution >= 0.6 is 0 Å². The predicted molar refractivity (Wildman–Crippen MR) is 88.5 cm³/mol. The van der Waals surface area contributed by atoms with Gasteiger partial charge in [-0.2, -0.15) is 10.5 Å². The number of esters is 1. The molecular formula is C19H16N2O3. The van der Waals surface area contributed by atoms with Crippen molar-refractivity contribution in [2.45, 2.75) is 13.8 Å². The largest absolute Gasteiger partial charge is 0.462 e. The van der Waals surface area contributed by atoms with Gasteiger partial charge >= 0.3 is 5.97 Å². The van der Waals surface area contributed by atoms with Gasteiger partial charge in [0.15, 0.2) is 0 Å². The molecule has 120 valence electrons. The summed E-state index contributed by atoms with van der Waals surface area (Å²) in [7, 11) is 0. The van der Waals surface area contributed by atoms with Gasteiger partial charge in [-0.15, -0.1) is 0 Å². The highest BCUT2D eigenvalue weighted by molar-refractivity contribution is 5.90. The van der Waals surface area contributed by atoms with E-state index in [9.17, 15) is 4.79 Å². The Labute approximate surface area is 140 Å². The molecule has 2 aromatic rings. The van der Waals surface area contributed by atoms with Crippen molar-refractivity contribution >= 4 is 12.0 Å². The summed E-state index contributed by atoms with van der Waals surface area (Å²) in [4.78, 5) is 11.9. The first-order chi connectivity index (χ1) is 11.5. The summed E-state index contributed by atoms with van der Waals surface area (Å²) in [6.45, 7) is 4.33. The average Bonchev–Trinajstić information content (AvgIpc) is 3.06. The topological polar surface area (TPSA) is 87.0 Å². The Morgan fingerprint density at radius 3 is 2.42 bits per heavy atom. The maximum absolute atomic E-state index is 11.9. The smallest absolute Gasteiger partial charge is 0.338 e. The van der Waals surface area contributed by atoms with Crippen molar-refractivity contribution in [1.29, 1.82) is 10.5 Å². The van der Waals surface area contributed by atoms with Gasteiger partial charge in [0, 0.05) is 11.6 Å². The summed E-state index contributed by atoms with van der Waals surface area (Å²) in [6, 6.07) is 13.8. The van der Waals surface area contributed by atoms with E-state index in [1.165, 1.54) is 6.08 Å². The molecule has 0 saturated heterocycles. The fourth-order valence-electron chi connectivity index (χ4n) is 1.91. The van der Waals surface area contributed by atoms with Gasteiger partial charge in [0.2, 0.25) is 0 Å². The van der Waals surface area contributed by atoms with Crippen molar-refractivity contribution in [1.82, 2.24) is 0 Å². The van der Waals surface area contributed by atoms with Crippen LogP contribution in [0.15, 0.2) is 46.4 Å². The van der Waals surface area contributed by atoms with Crippen molar-refractivity contribution in [3.05, 3.63) is 53.3 Å². The molecule has 0 unspecified atom stereocenters. The molecule has 0 bridgehead atoms. The number of carbonyl (C=O) groups is 1. The number of allylic oxidation sites excluding steroid dienone is 1. The molecule has 0 aliphatic carbocycles. The van der Waals surface area contributed by atoms with E-state index in [1.807, 2.05) is 13.8 Å². The first-order valence-corrected chi connectivity index (χ1v) is 7.42. The van der Waals surface area contributed by atoms with Crippen molar-refractivity contribution in [2.24, 2.45) is 5.92 Å². The van der Waals surface area contributed by atoms with Gasteiger partial charge in [0.1, 0.15) is 29.2 Å². The van der Waals surface area contributed by atoms with E-state index < -0.39 is 0 Å². The van der Waals surface area contributed by atoms with E-state index in [0.29, 0.717) is 23.7 Å². The van der Waals surface area contributed by atoms with Crippen LogP contribution in [0.5, 0.6) is 0 Å². The predicted octanol–water partition coefficient (Wildman–Crippen LogP) is 4.19. The lowest BCUT2D eigenvalue weighted by Gasteiger charge is -2.07. The van der Waals surface area contributed by atoms with Gasteiger partial charge in [-0.25, -0.2) is 4.79 Å². The minimum absolute atomic E-state index is 0.0286. The van der Waals surface area contributed by atoms with Crippen molar-refractivity contribution in [2.75, 3.05) is 6.61 Å². The van der Waals surface area contributed by atoms with E-state index in [0.717, 1.165) is 5.56 Å². The van der Waals surface area contributed by atoms with Crippen LogP contribution in [0.2, 0.25) is 0 Å². The second-order valence-corrected chi connectivity index (χ2v) is 5.55. The number of furan rings is 1. The summed E-state index contributed by atoms with van der Waals surface area (Å²) in [6.07, 6.45) is 1.38. The number of hydrogen-bond donors (Lipinski definition) is 0. The van der Waals surface area contributed by atoms with Gasteiger partial charge in [-0.05, 0) is 30.2 Å². The summed E-state index contributed by atoms with van der Waals surface area (Å²) >= 11 is 0. The number of ether oxygens (including phenoxy) is 1. The van der Waals surface area contributed by atoms with Gasteiger partial charge in [-0.3, -0.25) is 0 Å². The van der Waals surface area contributed by atoms with Crippen LogP contribution in [0.4, 0.5) is 0 Å². The van der Waals surface area contributed by atoms with Crippen molar-refractivity contribution < 1.29 is 13.9 Å². The standard InChI is InChI=1S/C19H16N2O3/c1-13(2)12-23-19(22)16-5-3-15(4-6-16)18-8-7-17(24-18)9-14(10-20)11-21/h3-9,13H,12H2,1-2H3. The molecule has 0 radical (unpaired) electrons. The molecule has 0 fully saturated rings. The molecular weight excluding hydrogens is 304 g/mol. The Kier molecular flexibility index (Phi) is 5.54. The SMILES string of the molecule is CC(C)COC(=O)c1ccc(-c2ccc(C=C(C#N)C#N)o2)cc1. The zero-order valence-electron chi connectivity index (χ0n) is 13.4. The summed E-state index contributed by atoms with van der Waals surface area (Å²) in [5.74, 6) is 0.933. The van der Waals surface area contributed by atoms with Gasteiger partial charge < -0.3 is 9.15 Å². The molecule has 5 nitrogen and oxygen atoms in total. The van der Waals surface area contributed by atoms with Crippen LogP contribution in [0, 0.1) is 28.6 Å². The van der Waals surface area contributed by atoms with E-state index in [2.05, 4.69) is 0 Å². The lowest BCUT2D eigenvalue weighted by molar-refractivity contribution is 0.0459. The minimum Gasteiger partial charge on any atom is -0.462 e. The lowest BCUT2D eigenvalue weighted by atomic mass is 10.1. The third-order valence-electron chi connectivity index (χ3n) is 3.11. The molecule has 1 heterocycles. The Balaban J connectivity index is 2.13. The molecule has 2 rings (SSSR count). The first kappa shape index (κ1) is 17.1. The van der Waals surface area contributed by atoms with E-state index >= 15 is 0 Å². The highest BCUT2D eigenvalue weighted by Crippen LogP contribution is 2.24. The molecule has 24 heavy (non-hydrogen) atoms. The van der Waals surface area contributed by atoms with Crippen molar-refractivity contribution in [3.63, 3.8) is 0 Å². The normalized spacial score (nSPS) is 9.88. The molecule has 0 atom stereocenters. The first-order valence-electron chi connectivity index (χ1n) is 7.42. The maximum Gasteiger partial charge on any atom is 0.338 e. The zero-order chi connectivity index (χ0) is 17.5. The fourth-order valence-corrected chi connectivity index (χ4v) is 1.91. The molecule has 5 heteroatoms. The number of nitrogens with zero attached hydrogens (tertiary/aromatic N) is 2. The highest BCUT2D eigenvalue weighted by atomic mass is 16.5. The Morgan fingerprint density at radius 1 is 1.17 bits per heavy atom. The average molecular weight is 320 g/mol. The summed E-state index contributed by atoms with van der Waals surface area (Å²) < 4.78 is 10.8. The third-order valence-corrected chi connectivity index (χ3v) is 3.11. The van der Waals surface area contributed by atoms with Crippen LogP contribution in [-0.2, 0) is 4.74 Å². The van der Waals surface area contributed by atoms with Crippen LogP contribution in [0.1, 0.15) is 30.0 Å². The van der Waals surface area contributed by atoms with Crippen LogP contribution < -0.4 is 0 Å². The van der Waals surface area contributed by atoms with E-state index in [1.54, 1.807) is 48.5 Å². The molecule has 1 aromatic heterocycles. The highest BCUT2D eigenvalue weighted by Gasteiger charge is 2.10.